The number of hydrogen-bond donors (Lipinski definition) is 0. The normalized spacial score (nSPS) is 15.8. The van der Waals surface area contributed by atoms with Crippen molar-refractivity contribution in [1.82, 2.24) is 19.9 Å². The van der Waals surface area contributed by atoms with Gasteiger partial charge < -0.3 is 9.64 Å². The van der Waals surface area contributed by atoms with Crippen LogP contribution in [0.15, 0.2) is 53.9 Å². The lowest BCUT2D eigenvalue weighted by molar-refractivity contribution is 0.459. The molecular weight excluding hydrogens is 418 g/mol. The van der Waals surface area contributed by atoms with Crippen molar-refractivity contribution < 1.29 is 13.2 Å². The van der Waals surface area contributed by atoms with Crippen molar-refractivity contribution in [2.45, 2.75) is 16.6 Å². The Morgan fingerprint density at radius 3 is 2.58 bits per heavy atom. The number of nitrogens with zero attached hydrogens (tertiary/aromatic N) is 7. The first-order valence-electron chi connectivity index (χ1n) is 9.21. The number of nitriles is 2. The summed E-state index contributed by atoms with van der Waals surface area (Å²) in [7, 11) is -3.60. The summed E-state index contributed by atoms with van der Waals surface area (Å²) in [5, 5.41) is 17.5. The van der Waals surface area contributed by atoms with Crippen LogP contribution in [0, 0.1) is 22.7 Å². The molecule has 0 bridgehead atoms. The molecule has 0 spiro atoms. The quantitative estimate of drug-likeness (QED) is 0.584. The molecule has 0 aliphatic carbocycles. The standard InChI is InChI=1S/C20H15N7O3S/c21-9-14-11-23-12-19(26-14)30-15-1-3-16(4-2-15)31(28,29)17-5-8-27(13-17)20-18(10-22)24-6-7-25-20/h1-4,6-7,11-12,17H,5,8,13H2. The smallest absolute Gasteiger partial charge is 0.239 e. The van der Waals surface area contributed by atoms with Gasteiger partial charge in [-0.2, -0.15) is 15.5 Å². The molecule has 2 aromatic heterocycles. The Balaban J connectivity index is 1.49. The third-order valence-corrected chi connectivity index (χ3v) is 6.96. The Bertz CT molecular complexity index is 1300. The van der Waals surface area contributed by atoms with Gasteiger partial charge in [0.25, 0.3) is 0 Å². The van der Waals surface area contributed by atoms with Crippen molar-refractivity contribution in [2.75, 3.05) is 18.0 Å². The second kappa shape index (κ2) is 8.34. The number of benzene rings is 1. The van der Waals surface area contributed by atoms with Gasteiger partial charge in [0.2, 0.25) is 5.88 Å². The lowest BCUT2D eigenvalue weighted by atomic mass is 10.3. The zero-order chi connectivity index (χ0) is 21.8. The summed E-state index contributed by atoms with van der Waals surface area (Å²) in [5.74, 6) is 0.903. The molecule has 1 saturated heterocycles. The summed E-state index contributed by atoms with van der Waals surface area (Å²) in [5.41, 5.74) is 0.288. The van der Waals surface area contributed by atoms with E-state index in [-0.39, 0.29) is 28.7 Å². The zero-order valence-corrected chi connectivity index (χ0v) is 16.9. The Labute approximate surface area is 178 Å². The van der Waals surface area contributed by atoms with E-state index in [1.807, 2.05) is 12.1 Å². The molecule has 1 aromatic carbocycles. The second-order valence-corrected chi connectivity index (χ2v) is 8.90. The molecule has 3 aromatic rings. The van der Waals surface area contributed by atoms with Gasteiger partial charge >= 0.3 is 0 Å². The van der Waals surface area contributed by atoms with Gasteiger partial charge in [0.05, 0.1) is 22.5 Å². The van der Waals surface area contributed by atoms with Crippen LogP contribution in [0.4, 0.5) is 5.82 Å². The highest BCUT2D eigenvalue weighted by Gasteiger charge is 2.35. The number of sulfone groups is 1. The topological polar surface area (TPSA) is 146 Å². The van der Waals surface area contributed by atoms with Gasteiger partial charge in [0.15, 0.2) is 27.0 Å². The highest BCUT2D eigenvalue weighted by molar-refractivity contribution is 7.92. The van der Waals surface area contributed by atoms with Crippen LogP contribution in [-0.4, -0.2) is 46.7 Å². The van der Waals surface area contributed by atoms with Crippen LogP contribution in [0.5, 0.6) is 11.6 Å². The molecule has 0 saturated carbocycles. The molecule has 154 valence electrons. The third-order valence-electron chi connectivity index (χ3n) is 4.77. The monoisotopic (exact) mass is 433 g/mol. The summed E-state index contributed by atoms with van der Waals surface area (Å²) in [6, 6.07) is 9.85. The van der Waals surface area contributed by atoms with Gasteiger partial charge in [-0.3, -0.25) is 4.98 Å². The average molecular weight is 433 g/mol. The maximum Gasteiger partial charge on any atom is 0.239 e. The van der Waals surface area contributed by atoms with Crippen molar-refractivity contribution in [2.24, 2.45) is 0 Å². The minimum atomic E-state index is -3.60. The molecule has 0 N–H and O–H groups in total. The molecule has 10 nitrogen and oxygen atoms in total. The van der Waals surface area contributed by atoms with E-state index in [4.69, 9.17) is 10.00 Å². The molecular formula is C20H15N7O3S. The highest BCUT2D eigenvalue weighted by atomic mass is 32.2. The highest BCUT2D eigenvalue weighted by Crippen LogP contribution is 2.29. The van der Waals surface area contributed by atoms with Gasteiger partial charge in [-0.1, -0.05) is 0 Å². The molecule has 1 atom stereocenters. The van der Waals surface area contributed by atoms with Gasteiger partial charge in [0, 0.05) is 25.5 Å². The van der Waals surface area contributed by atoms with Crippen LogP contribution in [0.2, 0.25) is 0 Å². The number of anilines is 1. The van der Waals surface area contributed by atoms with Crippen LogP contribution in [0.1, 0.15) is 17.8 Å². The van der Waals surface area contributed by atoms with E-state index in [1.54, 1.807) is 4.90 Å². The van der Waals surface area contributed by atoms with E-state index in [9.17, 15) is 13.7 Å². The summed E-state index contributed by atoms with van der Waals surface area (Å²) >= 11 is 0. The summed E-state index contributed by atoms with van der Waals surface area (Å²) in [4.78, 5) is 17.9. The molecule has 0 radical (unpaired) electrons. The van der Waals surface area contributed by atoms with Crippen LogP contribution in [0.25, 0.3) is 0 Å². The molecule has 1 aliphatic rings. The molecule has 4 rings (SSSR count). The van der Waals surface area contributed by atoms with Crippen molar-refractivity contribution >= 4 is 15.7 Å². The van der Waals surface area contributed by atoms with E-state index in [1.165, 1.54) is 49.1 Å². The first kappa shape index (κ1) is 20.2. The summed E-state index contributed by atoms with van der Waals surface area (Å²) in [6.45, 7) is 0.691. The van der Waals surface area contributed by atoms with Gasteiger partial charge in [-0.05, 0) is 30.7 Å². The first-order chi connectivity index (χ1) is 15.0. The van der Waals surface area contributed by atoms with Crippen LogP contribution < -0.4 is 9.64 Å². The third kappa shape index (κ3) is 4.13. The number of aromatic nitrogens is 4. The largest absolute Gasteiger partial charge is 0.437 e. The molecule has 1 aliphatic heterocycles. The Hall–Kier alpha value is -4.09. The van der Waals surface area contributed by atoms with Gasteiger partial charge in [-0.15, -0.1) is 0 Å². The SMILES string of the molecule is N#Cc1cncc(Oc2ccc(S(=O)(=O)C3CCN(c4nccnc4C#N)C3)cc2)n1. The fraction of sp³-hybridized carbons (Fsp3) is 0.200. The van der Waals surface area contributed by atoms with E-state index in [0.717, 1.165) is 0 Å². The molecule has 31 heavy (non-hydrogen) atoms. The maximum atomic E-state index is 13.1. The van der Waals surface area contributed by atoms with Crippen molar-refractivity contribution in [3.8, 4) is 23.8 Å². The number of rotatable bonds is 5. The predicted molar refractivity (Wildman–Crippen MR) is 108 cm³/mol. The summed E-state index contributed by atoms with van der Waals surface area (Å²) < 4.78 is 31.7. The lowest BCUT2D eigenvalue weighted by Gasteiger charge is -2.18. The van der Waals surface area contributed by atoms with Gasteiger partial charge in [-0.25, -0.2) is 18.4 Å². The minimum Gasteiger partial charge on any atom is -0.437 e. The molecule has 1 unspecified atom stereocenters. The van der Waals surface area contributed by atoms with Crippen LogP contribution in [-0.2, 0) is 9.84 Å². The first-order valence-corrected chi connectivity index (χ1v) is 10.8. The van der Waals surface area contributed by atoms with E-state index in [0.29, 0.717) is 24.5 Å². The molecule has 1 fully saturated rings. The second-order valence-electron chi connectivity index (χ2n) is 6.67. The van der Waals surface area contributed by atoms with Crippen molar-refractivity contribution in [3.05, 3.63) is 60.4 Å². The van der Waals surface area contributed by atoms with E-state index < -0.39 is 15.1 Å². The van der Waals surface area contributed by atoms with Gasteiger partial charge in [0.1, 0.15) is 17.9 Å². The minimum absolute atomic E-state index is 0.116. The Kier molecular flexibility index (Phi) is 5.43. The maximum absolute atomic E-state index is 13.1. The molecule has 3 heterocycles. The lowest BCUT2D eigenvalue weighted by Crippen LogP contribution is -2.28. The fourth-order valence-electron chi connectivity index (χ4n) is 3.28. The van der Waals surface area contributed by atoms with Crippen molar-refractivity contribution in [3.63, 3.8) is 0 Å². The van der Waals surface area contributed by atoms with E-state index in [2.05, 4.69) is 19.9 Å². The average Bonchev–Trinajstić information content (AvgIpc) is 3.30. The Morgan fingerprint density at radius 2 is 1.84 bits per heavy atom. The number of hydrogen-bond acceptors (Lipinski definition) is 10. The zero-order valence-electron chi connectivity index (χ0n) is 16.1. The number of ether oxygens (including phenoxy) is 1. The Morgan fingerprint density at radius 1 is 1.06 bits per heavy atom. The molecule has 0 amide bonds. The molecule has 11 heteroatoms. The van der Waals surface area contributed by atoms with Crippen LogP contribution in [0.3, 0.4) is 0 Å². The predicted octanol–water partition coefficient (Wildman–Crippen LogP) is 1.85. The van der Waals surface area contributed by atoms with Crippen LogP contribution >= 0.6 is 0 Å². The summed E-state index contributed by atoms with van der Waals surface area (Å²) in [6.07, 6.45) is 6.00. The van der Waals surface area contributed by atoms with E-state index >= 15 is 0 Å². The fourth-order valence-corrected chi connectivity index (χ4v) is 4.97. The van der Waals surface area contributed by atoms with Crippen molar-refractivity contribution in [1.29, 1.82) is 10.5 Å².